The summed E-state index contributed by atoms with van der Waals surface area (Å²) in [5.41, 5.74) is 1.55. The Morgan fingerprint density at radius 1 is 1.33 bits per heavy atom. The minimum absolute atomic E-state index is 0.00293. The van der Waals surface area contributed by atoms with Crippen LogP contribution in [-0.2, 0) is 18.3 Å². The molecule has 0 aliphatic rings. The van der Waals surface area contributed by atoms with Gasteiger partial charge in [0.05, 0.1) is 23.0 Å². The van der Waals surface area contributed by atoms with Gasteiger partial charge < -0.3 is 14.8 Å². The highest BCUT2D eigenvalue weighted by Gasteiger charge is 2.11. The van der Waals surface area contributed by atoms with E-state index in [1.54, 1.807) is 17.7 Å². The van der Waals surface area contributed by atoms with E-state index in [0.717, 1.165) is 0 Å². The van der Waals surface area contributed by atoms with E-state index in [4.69, 9.17) is 10.2 Å². The highest BCUT2D eigenvalue weighted by Crippen LogP contribution is 2.17. The molecule has 2 rings (SSSR count). The first-order chi connectivity index (χ1) is 8.49. The van der Waals surface area contributed by atoms with Gasteiger partial charge in [0, 0.05) is 13.5 Å². The maximum Gasteiger partial charge on any atom is 0.335 e. The molecule has 1 aromatic carbocycles. The summed E-state index contributed by atoms with van der Waals surface area (Å²) in [4.78, 5) is 25.7. The van der Waals surface area contributed by atoms with Crippen LogP contribution in [0.3, 0.4) is 0 Å². The van der Waals surface area contributed by atoms with Crippen LogP contribution >= 0.6 is 0 Å². The molecule has 18 heavy (non-hydrogen) atoms. The molecule has 0 saturated carbocycles. The van der Waals surface area contributed by atoms with Crippen molar-refractivity contribution in [1.82, 2.24) is 9.55 Å². The molecule has 6 nitrogen and oxygen atoms in total. The molecule has 0 saturated heterocycles. The minimum Gasteiger partial charge on any atom is -0.481 e. The molecule has 0 radical (unpaired) electrons. The summed E-state index contributed by atoms with van der Waals surface area (Å²) in [5, 5.41) is 17.6. The maximum atomic E-state index is 10.9. The lowest BCUT2D eigenvalue weighted by Crippen LogP contribution is -2.03. The molecule has 0 spiro atoms. The van der Waals surface area contributed by atoms with Crippen LogP contribution < -0.4 is 0 Å². The number of imidazole rings is 1. The zero-order valence-electron chi connectivity index (χ0n) is 9.75. The van der Waals surface area contributed by atoms with Gasteiger partial charge in [-0.15, -0.1) is 0 Å². The molecule has 0 amide bonds. The number of aromatic carboxylic acids is 1. The van der Waals surface area contributed by atoms with Crippen molar-refractivity contribution in [3.8, 4) is 0 Å². The fourth-order valence-electron chi connectivity index (χ4n) is 1.82. The first-order valence-electron chi connectivity index (χ1n) is 5.39. The van der Waals surface area contributed by atoms with Crippen molar-refractivity contribution in [2.45, 2.75) is 12.8 Å². The predicted octanol–water partition coefficient (Wildman–Crippen LogP) is 1.29. The van der Waals surface area contributed by atoms with Crippen molar-refractivity contribution in [3.63, 3.8) is 0 Å². The minimum atomic E-state index is -0.995. The Morgan fingerprint density at radius 2 is 2.06 bits per heavy atom. The van der Waals surface area contributed by atoms with Gasteiger partial charge in [0.2, 0.25) is 0 Å². The third kappa shape index (κ3) is 2.17. The van der Waals surface area contributed by atoms with Gasteiger partial charge in [-0.25, -0.2) is 9.78 Å². The molecule has 0 bridgehead atoms. The average Bonchev–Trinajstić information content (AvgIpc) is 2.63. The molecule has 0 aliphatic heterocycles. The molecular weight excluding hydrogens is 236 g/mol. The monoisotopic (exact) mass is 248 g/mol. The Labute approximate surface area is 102 Å². The van der Waals surface area contributed by atoms with E-state index in [9.17, 15) is 9.59 Å². The van der Waals surface area contributed by atoms with Gasteiger partial charge in [0.1, 0.15) is 5.82 Å². The Bertz CT molecular complexity index is 630. The fraction of sp³-hybridized carbons (Fsp3) is 0.250. The number of rotatable bonds is 4. The molecule has 0 aliphatic carbocycles. The van der Waals surface area contributed by atoms with Crippen molar-refractivity contribution < 1.29 is 19.8 Å². The van der Waals surface area contributed by atoms with Gasteiger partial charge in [-0.05, 0) is 18.2 Å². The van der Waals surface area contributed by atoms with Crippen LogP contribution in [0.2, 0.25) is 0 Å². The zero-order chi connectivity index (χ0) is 13.3. The standard InChI is InChI=1S/C12H12N2O4/c1-14-9-6-7(12(17)18)2-3-8(9)13-10(14)4-5-11(15)16/h2-3,6H,4-5H2,1H3,(H,15,16)(H,17,18). The smallest absolute Gasteiger partial charge is 0.335 e. The van der Waals surface area contributed by atoms with E-state index in [1.807, 2.05) is 0 Å². The molecule has 2 aromatic rings. The number of fused-ring (bicyclic) bond motifs is 1. The van der Waals surface area contributed by atoms with Crippen molar-refractivity contribution in [1.29, 1.82) is 0 Å². The molecule has 0 unspecified atom stereocenters. The molecule has 2 N–H and O–H groups in total. The van der Waals surface area contributed by atoms with E-state index in [0.29, 0.717) is 23.3 Å². The summed E-state index contributed by atoms with van der Waals surface area (Å²) >= 11 is 0. The lowest BCUT2D eigenvalue weighted by molar-refractivity contribution is -0.137. The topological polar surface area (TPSA) is 92.4 Å². The third-order valence-corrected chi connectivity index (χ3v) is 2.78. The van der Waals surface area contributed by atoms with E-state index in [2.05, 4.69) is 4.98 Å². The Kier molecular flexibility index (Phi) is 3.01. The highest BCUT2D eigenvalue weighted by molar-refractivity contribution is 5.92. The van der Waals surface area contributed by atoms with Gasteiger partial charge in [0.25, 0.3) is 0 Å². The quantitative estimate of drug-likeness (QED) is 0.850. The molecule has 0 atom stereocenters. The summed E-state index contributed by atoms with van der Waals surface area (Å²) in [6.45, 7) is 0. The van der Waals surface area contributed by atoms with Gasteiger partial charge in [-0.3, -0.25) is 4.79 Å². The largest absolute Gasteiger partial charge is 0.481 e. The number of carboxylic acids is 2. The van der Waals surface area contributed by atoms with E-state index < -0.39 is 11.9 Å². The number of aliphatic carboxylic acids is 1. The van der Waals surface area contributed by atoms with Gasteiger partial charge >= 0.3 is 11.9 Å². The van der Waals surface area contributed by atoms with Crippen molar-refractivity contribution in [2.24, 2.45) is 7.05 Å². The summed E-state index contributed by atoms with van der Waals surface area (Å²) in [7, 11) is 1.75. The second-order valence-electron chi connectivity index (χ2n) is 3.99. The van der Waals surface area contributed by atoms with Crippen LogP contribution in [0.4, 0.5) is 0 Å². The number of carboxylic acid groups (broad SMARTS) is 2. The van der Waals surface area contributed by atoms with Gasteiger partial charge in [-0.2, -0.15) is 0 Å². The average molecular weight is 248 g/mol. The van der Waals surface area contributed by atoms with E-state index in [-0.39, 0.29) is 12.0 Å². The lowest BCUT2D eigenvalue weighted by Gasteiger charge is -2.00. The van der Waals surface area contributed by atoms with Crippen molar-refractivity contribution in [3.05, 3.63) is 29.6 Å². The van der Waals surface area contributed by atoms with Crippen LogP contribution in [-0.4, -0.2) is 31.7 Å². The molecular formula is C12H12N2O4. The fourth-order valence-corrected chi connectivity index (χ4v) is 1.82. The highest BCUT2D eigenvalue weighted by atomic mass is 16.4. The first-order valence-corrected chi connectivity index (χ1v) is 5.39. The number of nitrogens with zero attached hydrogens (tertiary/aromatic N) is 2. The normalized spacial score (nSPS) is 10.7. The summed E-state index contributed by atoms with van der Waals surface area (Å²) < 4.78 is 1.73. The van der Waals surface area contributed by atoms with E-state index >= 15 is 0 Å². The molecule has 6 heteroatoms. The Morgan fingerprint density at radius 3 is 2.67 bits per heavy atom. The zero-order valence-corrected chi connectivity index (χ0v) is 9.75. The Hall–Kier alpha value is -2.37. The van der Waals surface area contributed by atoms with Crippen molar-refractivity contribution in [2.75, 3.05) is 0 Å². The predicted molar refractivity (Wildman–Crippen MR) is 63.6 cm³/mol. The molecule has 1 heterocycles. The maximum absolute atomic E-state index is 10.9. The van der Waals surface area contributed by atoms with Crippen molar-refractivity contribution >= 4 is 23.0 Å². The van der Waals surface area contributed by atoms with Gasteiger partial charge in [0.15, 0.2) is 0 Å². The molecule has 94 valence electrons. The Balaban J connectivity index is 2.43. The second kappa shape index (κ2) is 4.48. The first kappa shape index (κ1) is 12.1. The van der Waals surface area contributed by atoms with Crippen LogP contribution in [0.1, 0.15) is 22.6 Å². The number of benzene rings is 1. The number of hydrogen-bond acceptors (Lipinski definition) is 3. The van der Waals surface area contributed by atoms with Crippen LogP contribution in [0, 0.1) is 0 Å². The summed E-state index contributed by atoms with van der Waals surface area (Å²) in [6.07, 6.45) is 0.325. The second-order valence-corrected chi connectivity index (χ2v) is 3.99. The summed E-state index contributed by atoms with van der Waals surface area (Å²) in [6, 6.07) is 4.65. The van der Waals surface area contributed by atoms with Crippen LogP contribution in [0.15, 0.2) is 18.2 Å². The SMILES string of the molecule is Cn1c(CCC(=O)O)nc2ccc(C(=O)O)cc21. The number of aromatic nitrogens is 2. The third-order valence-electron chi connectivity index (χ3n) is 2.78. The van der Waals surface area contributed by atoms with E-state index in [1.165, 1.54) is 12.1 Å². The number of carbonyl (C=O) groups is 2. The molecule has 0 fully saturated rings. The number of hydrogen-bond donors (Lipinski definition) is 2. The molecule has 1 aromatic heterocycles. The summed E-state index contributed by atoms with van der Waals surface area (Å²) in [5.74, 6) is -1.24. The lowest BCUT2D eigenvalue weighted by atomic mass is 10.2. The van der Waals surface area contributed by atoms with Gasteiger partial charge in [-0.1, -0.05) is 0 Å². The number of aryl methyl sites for hydroxylation is 2. The van der Waals surface area contributed by atoms with Crippen LogP contribution in [0.5, 0.6) is 0 Å². The van der Waals surface area contributed by atoms with Crippen LogP contribution in [0.25, 0.3) is 11.0 Å².